The minimum Gasteiger partial charge on any atom is -0.398 e. The van der Waals surface area contributed by atoms with E-state index in [0.29, 0.717) is 28.7 Å². The van der Waals surface area contributed by atoms with Crippen molar-refractivity contribution in [1.29, 1.82) is 0 Å². The second-order valence-electron chi connectivity index (χ2n) is 5.34. The van der Waals surface area contributed by atoms with Crippen molar-refractivity contribution in [2.45, 2.75) is 20.8 Å². The fourth-order valence-corrected chi connectivity index (χ4v) is 2.30. The Labute approximate surface area is 107 Å². The summed E-state index contributed by atoms with van der Waals surface area (Å²) < 4.78 is 13.6. The smallest absolute Gasteiger partial charge is 0.254 e. The number of rotatable bonds is 1. The van der Waals surface area contributed by atoms with E-state index in [9.17, 15) is 9.18 Å². The van der Waals surface area contributed by atoms with Crippen LogP contribution in [0.1, 0.15) is 29.8 Å². The Kier molecular flexibility index (Phi) is 3.28. The maximum absolute atomic E-state index is 13.6. The third kappa shape index (κ3) is 2.19. The molecule has 4 heteroatoms. The van der Waals surface area contributed by atoms with E-state index >= 15 is 0 Å². The average Bonchev–Trinajstić information content (AvgIpc) is 2.65. The molecule has 1 aliphatic heterocycles. The maximum atomic E-state index is 13.6. The second kappa shape index (κ2) is 4.59. The first-order valence-electron chi connectivity index (χ1n) is 6.25. The Hall–Kier alpha value is -1.58. The van der Waals surface area contributed by atoms with E-state index in [1.807, 2.05) is 0 Å². The zero-order valence-corrected chi connectivity index (χ0v) is 11.0. The van der Waals surface area contributed by atoms with Crippen LogP contribution in [0.15, 0.2) is 12.1 Å². The van der Waals surface area contributed by atoms with Crippen molar-refractivity contribution in [2.24, 2.45) is 11.8 Å². The van der Waals surface area contributed by atoms with Crippen molar-refractivity contribution in [1.82, 2.24) is 4.90 Å². The molecule has 0 aromatic heterocycles. The molecule has 3 nitrogen and oxygen atoms in total. The number of hydrogen-bond donors (Lipinski definition) is 1. The highest BCUT2D eigenvalue weighted by Crippen LogP contribution is 2.25. The summed E-state index contributed by atoms with van der Waals surface area (Å²) in [5.41, 5.74) is 6.78. The molecule has 0 saturated carbocycles. The molecule has 98 valence electrons. The minimum absolute atomic E-state index is 0.128. The van der Waals surface area contributed by atoms with Crippen LogP contribution in [0.4, 0.5) is 10.1 Å². The molecule has 0 bridgehead atoms. The molecule has 1 heterocycles. The van der Waals surface area contributed by atoms with E-state index in [-0.39, 0.29) is 5.91 Å². The summed E-state index contributed by atoms with van der Waals surface area (Å²) in [6.07, 6.45) is 0. The molecule has 1 fully saturated rings. The van der Waals surface area contributed by atoms with E-state index in [0.717, 1.165) is 13.1 Å². The monoisotopic (exact) mass is 250 g/mol. The van der Waals surface area contributed by atoms with Gasteiger partial charge in [-0.1, -0.05) is 13.8 Å². The van der Waals surface area contributed by atoms with Gasteiger partial charge in [-0.05, 0) is 30.9 Å². The number of halogens is 1. The quantitative estimate of drug-likeness (QED) is 0.778. The first-order valence-corrected chi connectivity index (χ1v) is 6.25. The number of benzene rings is 1. The van der Waals surface area contributed by atoms with Gasteiger partial charge in [0.1, 0.15) is 5.82 Å². The molecule has 2 rings (SSSR count). The number of carbonyl (C=O) groups is 1. The predicted molar refractivity (Wildman–Crippen MR) is 69.8 cm³/mol. The van der Waals surface area contributed by atoms with E-state index in [1.165, 1.54) is 6.07 Å². The Morgan fingerprint density at radius 1 is 1.33 bits per heavy atom. The SMILES string of the molecule is Cc1c(N)cc(C(=O)N2CC(C)C(C)C2)cc1F. The fourth-order valence-electron chi connectivity index (χ4n) is 2.30. The molecule has 1 aromatic carbocycles. The lowest BCUT2D eigenvalue weighted by Gasteiger charge is -2.17. The van der Waals surface area contributed by atoms with E-state index in [4.69, 9.17) is 5.73 Å². The highest BCUT2D eigenvalue weighted by molar-refractivity contribution is 5.95. The van der Waals surface area contributed by atoms with Gasteiger partial charge in [-0.15, -0.1) is 0 Å². The zero-order chi connectivity index (χ0) is 13.4. The van der Waals surface area contributed by atoms with Gasteiger partial charge in [-0.2, -0.15) is 0 Å². The Morgan fingerprint density at radius 2 is 1.89 bits per heavy atom. The fraction of sp³-hybridized carbons (Fsp3) is 0.500. The van der Waals surface area contributed by atoms with Crippen molar-refractivity contribution in [3.63, 3.8) is 0 Å². The Morgan fingerprint density at radius 3 is 2.39 bits per heavy atom. The zero-order valence-electron chi connectivity index (χ0n) is 11.0. The molecule has 2 atom stereocenters. The summed E-state index contributed by atoms with van der Waals surface area (Å²) in [7, 11) is 0. The predicted octanol–water partition coefficient (Wildman–Crippen LogP) is 2.44. The van der Waals surface area contributed by atoms with Gasteiger partial charge in [0.15, 0.2) is 0 Å². The highest BCUT2D eigenvalue weighted by Gasteiger charge is 2.30. The molecular formula is C14H19FN2O. The summed E-state index contributed by atoms with van der Waals surface area (Å²) >= 11 is 0. The van der Waals surface area contributed by atoms with Crippen molar-refractivity contribution >= 4 is 11.6 Å². The summed E-state index contributed by atoms with van der Waals surface area (Å²) in [6, 6.07) is 2.84. The minimum atomic E-state index is -0.418. The van der Waals surface area contributed by atoms with Crippen LogP contribution in [-0.2, 0) is 0 Å². The molecule has 0 radical (unpaired) electrons. The van der Waals surface area contributed by atoms with E-state index < -0.39 is 5.82 Å². The average molecular weight is 250 g/mol. The molecule has 1 aromatic rings. The third-order valence-electron chi connectivity index (χ3n) is 3.91. The van der Waals surface area contributed by atoms with Crippen LogP contribution >= 0.6 is 0 Å². The maximum Gasteiger partial charge on any atom is 0.254 e. The van der Waals surface area contributed by atoms with Gasteiger partial charge in [0, 0.05) is 29.9 Å². The Bertz CT molecular complexity index is 454. The summed E-state index contributed by atoms with van der Waals surface area (Å²) in [6.45, 7) is 7.33. The number of nitrogens with two attached hydrogens (primary N) is 1. The topological polar surface area (TPSA) is 46.3 Å². The van der Waals surface area contributed by atoms with E-state index in [2.05, 4.69) is 13.8 Å². The molecule has 0 aliphatic carbocycles. The molecule has 1 aliphatic rings. The van der Waals surface area contributed by atoms with Gasteiger partial charge >= 0.3 is 0 Å². The number of carbonyl (C=O) groups excluding carboxylic acids is 1. The van der Waals surface area contributed by atoms with Gasteiger partial charge in [0.25, 0.3) is 5.91 Å². The van der Waals surface area contributed by atoms with Crippen LogP contribution in [0.3, 0.4) is 0 Å². The molecule has 18 heavy (non-hydrogen) atoms. The highest BCUT2D eigenvalue weighted by atomic mass is 19.1. The lowest BCUT2D eigenvalue weighted by molar-refractivity contribution is 0.0784. The van der Waals surface area contributed by atoms with Crippen LogP contribution in [0, 0.1) is 24.6 Å². The summed E-state index contributed by atoms with van der Waals surface area (Å²) in [4.78, 5) is 14.0. The number of amides is 1. The molecule has 1 saturated heterocycles. The summed E-state index contributed by atoms with van der Waals surface area (Å²) in [5.74, 6) is 0.429. The lowest BCUT2D eigenvalue weighted by atomic mass is 10.0. The van der Waals surface area contributed by atoms with Crippen LogP contribution in [0.2, 0.25) is 0 Å². The van der Waals surface area contributed by atoms with Crippen LogP contribution in [0.5, 0.6) is 0 Å². The Balaban J connectivity index is 2.25. The first kappa shape index (κ1) is 12.9. The van der Waals surface area contributed by atoms with Crippen LogP contribution in [0.25, 0.3) is 0 Å². The first-order chi connectivity index (χ1) is 8.40. The molecular weight excluding hydrogens is 231 g/mol. The number of nitrogen functional groups attached to an aromatic ring is 1. The summed E-state index contributed by atoms with van der Waals surface area (Å²) in [5, 5.41) is 0. The van der Waals surface area contributed by atoms with Crippen molar-refractivity contribution < 1.29 is 9.18 Å². The van der Waals surface area contributed by atoms with Gasteiger partial charge in [0.05, 0.1) is 0 Å². The molecule has 1 amide bonds. The number of likely N-dealkylation sites (tertiary alicyclic amines) is 1. The number of anilines is 1. The third-order valence-corrected chi connectivity index (χ3v) is 3.91. The van der Waals surface area contributed by atoms with E-state index in [1.54, 1.807) is 17.9 Å². The van der Waals surface area contributed by atoms with Crippen molar-refractivity contribution in [3.05, 3.63) is 29.1 Å². The number of hydrogen-bond acceptors (Lipinski definition) is 2. The largest absolute Gasteiger partial charge is 0.398 e. The molecule has 2 N–H and O–H groups in total. The molecule has 0 spiro atoms. The van der Waals surface area contributed by atoms with Gasteiger partial charge < -0.3 is 10.6 Å². The van der Waals surface area contributed by atoms with Crippen LogP contribution in [-0.4, -0.2) is 23.9 Å². The number of nitrogens with zero attached hydrogens (tertiary/aromatic N) is 1. The van der Waals surface area contributed by atoms with Crippen LogP contribution < -0.4 is 5.73 Å². The van der Waals surface area contributed by atoms with Crippen molar-refractivity contribution in [2.75, 3.05) is 18.8 Å². The lowest BCUT2D eigenvalue weighted by Crippen LogP contribution is -2.29. The second-order valence-corrected chi connectivity index (χ2v) is 5.34. The van der Waals surface area contributed by atoms with Crippen molar-refractivity contribution in [3.8, 4) is 0 Å². The van der Waals surface area contributed by atoms with Gasteiger partial charge in [-0.3, -0.25) is 4.79 Å². The standard InChI is InChI=1S/C14H19FN2O/c1-8-6-17(7-9(8)2)14(18)11-4-12(15)10(3)13(16)5-11/h4-5,8-9H,6-7,16H2,1-3H3. The van der Waals surface area contributed by atoms with Gasteiger partial charge in [-0.25, -0.2) is 4.39 Å². The normalized spacial score (nSPS) is 23.4. The molecule has 2 unspecified atom stereocenters. The van der Waals surface area contributed by atoms with Gasteiger partial charge in [0.2, 0.25) is 0 Å².